The molecular weight excluding hydrogens is 306 g/mol. The highest BCUT2D eigenvalue weighted by molar-refractivity contribution is 5.89. The highest BCUT2D eigenvalue weighted by Crippen LogP contribution is 2.33. The highest BCUT2D eigenvalue weighted by atomic mass is 16.2. The van der Waals surface area contributed by atoms with Gasteiger partial charge in [0.1, 0.15) is 6.04 Å². The molecule has 6 heteroatoms. The number of piperidine rings is 1. The number of pyridine rings is 1. The quantitative estimate of drug-likeness (QED) is 0.875. The van der Waals surface area contributed by atoms with Crippen molar-refractivity contribution in [3.63, 3.8) is 0 Å². The van der Waals surface area contributed by atoms with Gasteiger partial charge in [-0.3, -0.25) is 14.4 Å². The van der Waals surface area contributed by atoms with Crippen molar-refractivity contribution in [2.75, 3.05) is 6.54 Å². The molecule has 0 spiro atoms. The van der Waals surface area contributed by atoms with Gasteiger partial charge in [-0.1, -0.05) is 0 Å². The lowest BCUT2D eigenvalue weighted by atomic mass is 10.0. The molecule has 1 saturated heterocycles. The van der Waals surface area contributed by atoms with Crippen LogP contribution in [0.5, 0.6) is 0 Å². The van der Waals surface area contributed by atoms with E-state index in [4.69, 9.17) is 0 Å². The number of aryl methyl sites for hydroxylation is 1. The normalized spacial score (nSPS) is 20.8. The smallest absolute Gasteiger partial charge is 0.243 e. The van der Waals surface area contributed by atoms with E-state index in [-0.39, 0.29) is 35.7 Å². The number of nitrogens with zero attached hydrogens (tertiary/aromatic N) is 1. The number of hydrogen-bond acceptors (Lipinski definition) is 3. The zero-order valence-electron chi connectivity index (χ0n) is 14.4. The van der Waals surface area contributed by atoms with E-state index in [0.29, 0.717) is 24.1 Å². The molecular formula is C18H25N3O3. The van der Waals surface area contributed by atoms with Crippen molar-refractivity contribution in [1.82, 2.24) is 15.2 Å². The van der Waals surface area contributed by atoms with Crippen LogP contribution in [0.15, 0.2) is 11.0 Å². The Bertz CT molecular complexity index is 706. The Morgan fingerprint density at radius 3 is 2.71 bits per heavy atom. The van der Waals surface area contributed by atoms with Gasteiger partial charge in [-0.15, -0.1) is 0 Å². The molecule has 1 aromatic heterocycles. The van der Waals surface area contributed by atoms with Crippen molar-refractivity contribution in [3.05, 3.63) is 33.2 Å². The lowest BCUT2D eigenvalue weighted by Crippen LogP contribution is -2.52. The first kappa shape index (κ1) is 16.7. The van der Waals surface area contributed by atoms with Gasteiger partial charge < -0.3 is 15.2 Å². The second-order valence-electron chi connectivity index (χ2n) is 6.94. The molecule has 6 nitrogen and oxygen atoms in total. The summed E-state index contributed by atoms with van der Waals surface area (Å²) in [6.45, 7) is 4.48. The molecule has 3 rings (SSSR count). The van der Waals surface area contributed by atoms with Crippen molar-refractivity contribution in [3.8, 4) is 0 Å². The van der Waals surface area contributed by atoms with Gasteiger partial charge >= 0.3 is 0 Å². The van der Waals surface area contributed by atoms with Crippen LogP contribution in [0.3, 0.4) is 0 Å². The summed E-state index contributed by atoms with van der Waals surface area (Å²) >= 11 is 0. The van der Waals surface area contributed by atoms with Crippen molar-refractivity contribution in [2.45, 2.75) is 58.5 Å². The van der Waals surface area contributed by atoms with E-state index in [9.17, 15) is 14.4 Å². The summed E-state index contributed by atoms with van der Waals surface area (Å²) in [5.41, 5.74) is 2.01. The molecule has 2 N–H and O–H groups in total. The third-order valence-corrected chi connectivity index (χ3v) is 5.07. The molecule has 1 atom stereocenters. The number of likely N-dealkylation sites (tertiary alicyclic amines) is 1. The maximum atomic E-state index is 12.6. The summed E-state index contributed by atoms with van der Waals surface area (Å²) in [6, 6.07) is -0.371. The van der Waals surface area contributed by atoms with Gasteiger partial charge in [0.25, 0.3) is 0 Å². The predicted octanol–water partition coefficient (Wildman–Crippen LogP) is 1.40. The molecule has 0 radical (unpaired) electrons. The maximum Gasteiger partial charge on any atom is 0.243 e. The number of aromatic amines is 1. The second kappa shape index (κ2) is 6.79. The van der Waals surface area contributed by atoms with Crippen LogP contribution in [-0.2, 0) is 16.1 Å². The first-order chi connectivity index (χ1) is 11.5. The van der Waals surface area contributed by atoms with Crippen LogP contribution >= 0.6 is 0 Å². The first-order valence-electron chi connectivity index (χ1n) is 8.75. The number of carbonyl (C=O) groups is 2. The number of aromatic nitrogens is 1. The Morgan fingerprint density at radius 1 is 1.25 bits per heavy atom. The standard InChI is InChI=1S/C18H25N3O3/c1-11-9-19-14(12(2)16(11)22)10-20-17(23)15-5-3-4-8-21(15)18(24)13-6-7-13/h9,13,15H,3-8,10H2,1-2H3,(H,19,22)(H,20,23)/t15-/m1/s1. The molecule has 2 amide bonds. The summed E-state index contributed by atoms with van der Waals surface area (Å²) in [6.07, 6.45) is 6.22. The fourth-order valence-corrected chi connectivity index (χ4v) is 3.31. The molecule has 0 unspecified atom stereocenters. The monoisotopic (exact) mass is 331 g/mol. The van der Waals surface area contributed by atoms with Crippen LogP contribution in [0.4, 0.5) is 0 Å². The zero-order chi connectivity index (χ0) is 17.3. The molecule has 0 bridgehead atoms. The summed E-state index contributed by atoms with van der Waals surface area (Å²) in [7, 11) is 0. The summed E-state index contributed by atoms with van der Waals surface area (Å²) < 4.78 is 0. The lowest BCUT2D eigenvalue weighted by Gasteiger charge is -2.35. The number of carbonyl (C=O) groups excluding carboxylic acids is 2. The van der Waals surface area contributed by atoms with Gasteiger partial charge in [-0.05, 0) is 46.0 Å². The number of rotatable bonds is 4. The van der Waals surface area contributed by atoms with Crippen LogP contribution in [0.1, 0.15) is 48.9 Å². The van der Waals surface area contributed by atoms with Gasteiger partial charge in [0.15, 0.2) is 5.43 Å². The molecule has 2 aliphatic rings. The topological polar surface area (TPSA) is 82.3 Å². The number of H-pyrrole nitrogens is 1. The first-order valence-corrected chi connectivity index (χ1v) is 8.75. The van der Waals surface area contributed by atoms with Crippen LogP contribution in [0.2, 0.25) is 0 Å². The van der Waals surface area contributed by atoms with Gasteiger partial charge in [0.2, 0.25) is 11.8 Å². The number of hydrogen-bond donors (Lipinski definition) is 2. The molecule has 2 heterocycles. The molecule has 1 aliphatic carbocycles. The number of amides is 2. The van der Waals surface area contributed by atoms with Gasteiger partial charge in [0, 0.05) is 35.5 Å². The van der Waals surface area contributed by atoms with E-state index in [0.717, 1.165) is 31.4 Å². The highest BCUT2D eigenvalue weighted by Gasteiger charge is 2.39. The largest absolute Gasteiger partial charge is 0.363 e. The Balaban J connectivity index is 1.66. The van der Waals surface area contributed by atoms with E-state index in [1.54, 1.807) is 24.9 Å². The second-order valence-corrected chi connectivity index (χ2v) is 6.94. The fraction of sp³-hybridized carbons (Fsp3) is 0.611. The Labute approximate surface area is 141 Å². The van der Waals surface area contributed by atoms with E-state index >= 15 is 0 Å². The van der Waals surface area contributed by atoms with E-state index in [2.05, 4.69) is 10.3 Å². The van der Waals surface area contributed by atoms with Gasteiger partial charge in [-0.25, -0.2) is 0 Å². The summed E-state index contributed by atoms with van der Waals surface area (Å²) in [5.74, 6) is 0.147. The summed E-state index contributed by atoms with van der Waals surface area (Å²) in [4.78, 5) is 41.8. The minimum atomic E-state index is -0.371. The molecule has 130 valence electrons. The van der Waals surface area contributed by atoms with Crippen LogP contribution in [0, 0.1) is 19.8 Å². The molecule has 24 heavy (non-hydrogen) atoms. The molecule has 1 aromatic rings. The average molecular weight is 331 g/mol. The maximum absolute atomic E-state index is 12.6. The molecule has 2 fully saturated rings. The van der Waals surface area contributed by atoms with Crippen LogP contribution in [0.25, 0.3) is 0 Å². The van der Waals surface area contributed by atoms with Crippen molar-refractivity contribution < 1.29 is 9.59 Å². The number of nitrogens with one attached hydrogen (secondary N) is 2. The average Bonchev–Trinajstić information content (AvgIpc) is 3.43. The Hall–Kier alpha value is -2.11. The van der Waals surface area contributed by atoms with E-state index in [1.807, 2.05) is 0 Å². The van der Waals surface area contributed by atoms with Gasteiger partial charge in [-0.2, -0.15) is 0 Å². The zero-order valence-corrected chi connectivity index (χ0v) is 14.4. The predicted molar refractivity (Wildman–Crippen MR) is 90.5 cm³/mol. The third kappa shape index (κ3) is 3.37. The van der Waals surface area contributed by atoms with Crippen molar-refractivity contribution >= 4 is 11.8 Å². The van der Waals surface area contributed by atoms with E-state index in [1.165, 1.54) is 0 Å². The lowest BCUT2D eigenvalue weighted by molar-refractivity contribution is -0.143. The van der Waals surface area contributed by atoms with Crippen LogP contribution in [-0.4, -0.2) is 34.3 Å². The van der Waals surface area contributed by atoms with E-state index < -0.39 is 0 Å². The third-order valence-electron chi connectivity index (χ3n) is 5.07. The fourth-order valence-electron chi connectivity index (χ4n) is 3.31. The molecule has 0 aromatic carbocycles. The minimum absolute atomic E-state index is 0.00111. The summed E-state index contributed by atoms with van der Waals surface area (Å²) in [5, 5.41) is 2.90. The van der Waals surface area contributed by atoms with Crippen molar-refractivity contribution in [1.29, 1.82) is 0 Å². The Morgan fingerprint density at radius 2 is 2.00 bits per heavy atom. The minimum Gasteiger partial charge on any atom is -0.363 e. The Kier molecular flexibility index (Phi) is 4.73. The molecule has 1 aliphatic heterocycles. The SMILES string of the molecule is Cc1c[nH]c(CNC(=O)[C@H]2CCCCN2C(=O)C2CC2)c(C)c1=O. The van der Waals surface area contributed by atoms with Crippen LogP contribution < -0.4 is 10.7 Å². The van der Waals surface area contributed by atoms with Crippen molar-refractivity contribution in [2.24, 2.45) is 5.92 Å². The van der Waals surface area contributed by atoms with Gasteiger partial charge in [0.05, 0.1) is 6.54 Å². The molecule has 1 saturated carbocycles.